The number of rotatable bonds is 4. The van der Waals surface area contributed by atoms with Crippen LogP contribution in [0.2, 0.25) is 5.02 Å². The Morgan fingerprint density at radius 3 is 2.63 bits per heavy atom. The average Bonchev–Trinajstić information content (AvgIpc) is 2.40. The van der Waals surface area contributed by atoms with E-state index in [-0.39, 0.29) is 12.1 Å². The second kappa shape index (κ2) is 6.89. The summed E-state index contributed by atoms with van der Waals surface area (Å²) in [5.74, 6) is -0.308. The van der Waals surface area contributed by atoms with Gasteiger partial charge >= 0.3 is 5.97 Å². The lowest BCUT2D eigenvalue weighted by molar-refractivity contribution is 0.000449. The van der Waals surface area contributed by atoms with Crippen LogP contribution in [0.15, 0.2) is 24.3 Å². The molecule has 0 unspecified atom stereocenters. The number of benzene rings is 1. The molecule has 1 aromatic carbocycles. The molecule has 1 aliphatic rings. The fraction of sp³-hybridized carbons (Fsp3) is 0.500. The minimum atomic E-state index is -0.308. The lowest BCUT2D eigenvalue weighted by atomic mass is 10.2. The number of nitrogens with zero attached hydrogens (tertiary/aromatic N) is 1. The number of morpholine rings is 1. The van der Waals surface area contributed by atoms with Crippen LogP contribution in [0.25, 0.3) is 0 Å². The Morgan fingerprint density at radius 1 is 1.37 bits per heavy atom. The van der Waals surface area contributed by atoms with Gasteiger partial charge < -0.3 is 9.47 Å². The molecule has 0 spiro atoms. The SMILES string of the molecule is C[C@H](CN1CCOCC1)OC(=O)c1ccc(Cl)cc1. The van der Waals surface area contributed by atoms with Crippen LogP contribution in [0, 0.1) is 0 Å². The summed E-state index contributed by atoms with van der Waals surface area (Å²) in [4.78, 5) is 14.1. The van der Waals surface area contributed by atoms with Gasteiger partial charge in [-0.15, -0.1) is 0 Å². The molecule has 4 nitrogen and oxygen atoms in total. The molecule has 0 aromatic heterocycles. The molecular formula is C14H18ClNO3. The van der Waals surface area contributed by atoms with E-state index in [0.717, 1.165) is 32.8 Å². The highest BCUT2D eigenvalue weighted by Crippen LogP contribution is 2.11. The van der Waals surface area contributed by atoms with Crippen LogP contribution < -0.4 is 0 Å². The van der Waals surface area contributed by atoms with E-state index < -0.39 is 0 Å². The van der Waals surface area contributed by atoms with Crippen LogP contribution in [0.1, 0.15) is 17.3 Å². The zero-order valence-corrected chi connectivity index (χ0v) is 11.7. The van der Waals surface area contributed by atoms with E-state index in [0.29, 0.717) is 10.6 Å². The fourth-order valence-electron chi connectivity index (χ4n) is 2.02. The summed E-state index contributed by atoms with van der Waals surface area (Å²) < 4.78 is 10.7. The van der Waals surface area contributed by atoms with Gasteiger partial charge in [-0.2, -0.15) is 0 Å². The van der Waals surface area contributed by atoms with Crippen molar-refractivity contribution < 1.29 is 14.3 Å². The third-order valence-electron chi connectivity index (χ3n) is 3.01. The van der Waals surface area contributed by atoms with Crippen LogP contribution in [0.4, 0.5) is 0 Å². The third-order valence-corrected chi connectivity index (χ3v) is 3.26. The zero-order chi connectivity index (χ0) is 13.7. The zero-order valence-electron chi connectivity index (χ0n) is 11.0. The van der Waals surface area contributed by atoms with Gasteiger partial charge in [0.15, 0.2) is 0 Å². The Morgan fingerprint density at radius 2 is 2.00 bits per heavy atom. The van der Waals surface area contributed by atoms with E-state index in [1.165, 1.54) is 0 Å². The minimum Gasteiger partial charge on any atom is -0.458 e. The standard InChI is InChI=1S/C14H18ClNO3/c1-11(10-16-6-8-18-9-7-16)19-14(17)12-2-4-13(15)5-3-12/h2-5,11H,6-10H2,1H3/t11-/m1/s1. The van der Waals surface area contributed by atoms with Crippen molar-refractivity contribution in [2.45, 2.75) is 13.0 Å². The molecule has 1 aromatic rings. The third kappa shape index (κ3) is 4.49. The predicted octanol–water partition coefficient (Wildman–Crippen LogP) is 2.22. The van der Waals surface area contributed by atoms with Crippen molar-refractivity contribution in [2.75, 3.05) is 32.8 Å². The van der Waals surface area contributed by atoms with Gasteiger partial charge in [0.1, 0.15) is 6.10 Å². The van der Waals surface area contributed by atoms with E-state index in [1.807, 2.05) is 6.92 Å². The fourth-order valence-corrected chi connectivity index (χ4v) is 2.15. The van der Waals surface area contributed by atoms with Crippen LogP contribution in [-0.4, -0.2) is 49.8 Å². The highest BCUT2D eigenvalue weighted by molar-refractivity contribution is 6.30. The molecule has 1 aliphatic heterocycles. The predicted molar refractivity (Wildman–Crippen MR) is 73.6 cm³/mol. The summed E-state index contributed by atoms with van der Waals surface area (Å²) in [7, 11) is 0. The number of carbonyl (C=O) groups excluding carboxylic acids is 1. The molecule has 19 heavy (non-hydrogen) atoms. The van der Waals surface area contributed by atoms with Gasteiger partial charge in [0, 0.05) is 24.7 Å². The number of carbonyl (C=O) groups is 1. The summed E-state index contributed by atoms with van der Waals surface area (Å²) in [6, 6.07) is 6.72. The maximum Gasteiger partial charge on any atom is 0.338 e. The molecule has 0 aliphatic carbocycles. The maximum absolute atomic E-state index is 11.9. The van der Waals surface area contributed by atoms with Crippen LogP contribution in [0.5, 0.6) is 0 Å². The van der Waals surface area contributed by atoms with E-state index in [1.54, 1.807) is 24.3 Å². The monoisotopic (exact) mass is 283 g/mol. The maximum atomic E-state index is 11.9. The number of esters is 1. The molecule has 0 amide bonds. The van der Waals surface area contributed by atoms with Gasteiger partial charge in [0.25, 0.3) is 0 Å². The number of hydrogen-bond donors (Lipinski definition) is 0. The first-order chi connectivity index (χ1) is 9.15. The molecule has 1 fully saturated rings. The molecule has 2 rings (SSSR count). The van der Waals surface area contributed by atoms with Crippen molar-refractivity contribution >= 4 is 17.6 Å². The van der Waals surface area contributed by atoms with Gasteiger partial charge in [-0.1, -0.05) is 11.6 Å². The molecular weight excluding hydrogens is 266 g/mol. The molecule has 0 bridgehead atoms. The summed E-state index contributed by atoms with van der Waals surface area (Å²) in [5, 5.41) is 0.609. The first-order valence-corrected chi connectivity index (χ1v) is 6.79. The molecule has 1 atom stereocenters. The molecule has 0 radical (unpaired) electrons. The van der Waals surface area contributed by atoms with E-state index >= 15 is 0 Å². The van der Waals surface area contributed by atoms with Gasteiger partial charge in [-0.05, 0) is 31.2 Å². The van der Waals surface area contributed by atoms with Gasteiger partial charge in [0.2, 0.25) is 0 Å². The van der Waals surface area contributed by atoms with Crippen LogP contribution >= 0.6 is 11.6 Å². The van der Waals surface area contributed by atoms with E-state index in [2.05, 4.69) is 4.90 Å². The molecule has 1 heterocycles. The minimum absolute atomic E-state index is 0.138. The summed E-state index contributed by atoms with van der Waals surface area (Å²) in [5.41, 5.74) is 0.526. The van der Waals surface area contributed by atoms with Crippen molar-refractivity contribution in [1.29, 1.82) is 0 Å². The largest absolute Gasteiger partial charge is 0.458 e. The summed E-state index contributed by atoms with van der Waals surface area (Å²) in [6.45, 7) is 5.92. The van der Waals surface area contributed by atoms with E-state index in [4.69, 9.17) is 21.1 Å². The number of hydrogen-bond acceptors (Lipinski definition) is 4. The molecule has 1 saturated heterocycles. The molecule has 0 N–H and O–H groups in total. The second-order valence-corrected chi connectivity index (χ2v) is 5.07. The highest BCUT2D eigenvalue weighted by atomic mass is 35.5. The Bertz CT molecular complexity index is 415. The van der Waals surface area contributed by atoms with Crippen molar-refractivity contribution in [3.8, 4) is 0 Å². The molecule has 0 saturated carbocycles. The molecule has 5 heteroatoms. The highest BCUT2D eigenvalue weighted by Gasteiger charge is 2.17. The van der Waals surface area contributed by atoms with Gasteiger partial charge in [0.05, 0.1) is 18.8 Å². The van der Waals surface area contributed by atoms with Gasteiger partial charge in [-0.3, -0.25) is 4.90 Å². The number of ether oxygens (including phenoxy) is 2. The van der Waals surface area contributed by atoms with Crippen molar-refractivity contribution in [3.63, 3.8) is 0 Å². The Hall–Kier alpha value is -1.10. The summed E-state index contributed by atoms with van der Waals surface area (Å²) in [6.07, 6.45) is -0.138. The van der Waals surface area contributed by atoms with Crippen LogP contribution in [-0.2, 0) is 9.47 Å². The topological polar surface area (TPSA) is 38.8 Å². The van der Waals surface area contributed by atoms with Crippen molar-refractivity contribution in [1.82, 2.24) is 4.90 Å². The first-order valence-electron chi connectivity index (χ1n) is 6.42. The quantitative estimate of drug-likeness (QED) is 0.794. The second-order valence-electron chi connectivity index (χ2n) is 4.64. The van der Waals surface area contributed by atoms with Crippen molar-refractivity contribution in [3.05, 3.63) is 34.9 Å². The first kappa shape index (κ1) is 14.3. The number of halogens is 1. The lowest BCUT2D eigenvalue weighted by Gasteiger charge is -2.28. The van der Waals surface area contributed by atoms with Crippen molar-refractivity contribution in [2.24, 2.45) is 0 Å². The van der Waals surface area contributed by atoms with Gasteiger partial charge in [-0.25, -0.2) is 4.79 Å². The lowest BCUT2D eigenvalue weighted by Crippen LogP contribution is -2.41. The average molecular weight is 284 g/mol. The smallest absolute Gasteiger partial charge is 0.338 e. The van der Waals surface area contributed by atoms with E-state index in [9.17, 15) is 4.79 Å². The molecule has 104 valence electrons. The Kier molecular flexibility index (Phi) is 5.19. The summed E-state index contributed by atoms with van der Waals surface area (Å²) >= 11 is 5.78. The van der Waals surface area contributed by atoms with Crippen LogP contribution in [0.3, 0.4) is 0 Å². The Labute approximate surface area is 118 Å². The normalized spacial score (nSPS) is 18.0. The Balaban J connectivity index is 1.82.